The molecule has 3 aromatic rings. The summed E-state index contributed by atoms with van der Waals surface area (Å²) < 4.78 is 38.1. The zero-order chi connectivity index (χ0) is 12.9. The highest BCUT2D eigenvalue weighted by molar-refractivity contribution is 5.90. The lowest BCUT2D eigenvalue weighted by Gasteiger charge is -1.97. The summed E-state index contributed by atoms with van der Waals surface area (Å²) in [5.41, 5.74) is -0.454. The van der Waals surface area contributed by atoms with Gasteiger partial charge in [-0.15, -0.1) is 5.10 Å². The summed E-state index contributed by atoms with van der Waals surface area (Å²) in [6.07, 6.45) is -4.68. The lowest BCUT2D eigenvalue weighted by molar-refractivity contribution is -0.144. The number of rotatable bonds is 0. The average molecular weight is 254 g/mol. The molecule has 0 saturated carbocycles. The Bertz CT molecular complexity index is 802. The van der Waals surface area contributed by atoms with Crippen LogP contribution in [0.3, 0.4) is 0 Å². The molecule has 0 radical (unpaired) electrons. The molecule has 18 heavy (non-hydrogen) atoms. The summed E-state index contributed by atoms with van der Waals surface area (Å²) in [5.74, 6) is -1.33. The smallest absolute Gasteiger partial charge is 0.305 e. The van der Waals surface area contributed by atoms with Gasteiger partial charge in [-0.2, -0.15) is 17.7 Å². The van der Waals surface area contributed by atoms with Crippen molar-refractivity contribution in [3.05, 3.63) is 40.6 Å². The molecule has 0 unspecified atom stereocenters. The van der Waals surface area contributed by atoms with Crippen LogP contribution >= 0.6 is 0 Å². The number of halogens is 3. The zero-order valence-electron chi connectivity index (χ0n) is 8.69. The molecule has 0 aliphatic rings. The number of aromatic nitrogens is 4. The van der Waals surface area contributed by atoms with Gasteiger partial charge in [-0.1, -0.05) is 12.1 Å². The first-order chi connectivity index (χ1) is 8.47. The second-order valence-electron chi connectivity index (χ2n) is 3.64. The van der Waals surface area contributed by atoms with Crippen molar-refractivity contribution in [2.24, 2.45) is 0 Å². The Morgan fingerprint density at radius 3 is 2.67 bits per heavy atom. The van der Waals surface area contributed by atoms with Gasteiger partial charge in [0.2, 0.25) is 0 Å². The van der Waals surface area contributed by atoms with Gasteiger partial charge in [0.15, 0.2) is 5.65 Å². The molecule has 0 spiro atoms. The van der Waals surface area contributed by atoms with E-state index in [9.17, 15) is 18.0 Å². The quantitative estimate of drug-likeness (QED) is 0.662. The summed E-state index contributed by atoms with van der Waals surface area (Å²) in [6.45, 7) is 0. The molecule has 8 heteroatoms. The molecule has 0 bridgehead atoms. The number of nitrogens with zero attached hydrogens (tertiary/aromatic N) is 3. The predicted octanol–water partition coefficient (Wildman–Crippen LogP) is 1.59. The molecule has 5 nitrogen and oxygen atoms in total. The first-order valence-corrected chi connectivity index (χ1v) is 4.92. The minimum Gasteiger partial charge on any atom is -0.305 e. The van der Waals surface area contributed by atoms with Crippen molar-refractivity contribution in [3.8, 4) is 0 Å². The Labute approximate surface area is 96.9 Å². The Hall–Kier alpha value is -2.38. The van der Waals surface area contributed by atoms with Crippen LogP contribution < -0.4 is 5.69 Å². The van der Waals surface area contributed by atoms with Crippen molar-refractivity contribution in [2.75, 3.05) is 0 Å². The van der Waals surface area contributed by atoms with Crippen LogP contribution in [0.1, 0.15) is 5.82 Å². The average Bonchev–Trinajstić information content (AvgIpc) is 2.74. The van der Waals surface area contributed by atoms with Gasteiger partial charge in [0, 0.05) is 5.39 Å². The van der Waals surface area contributed by atoms with E-state index in [1.54, 1.807) is 24.3 Å². The Kier molecular flexibility index (Phi) is 1.98. The number of aromatic amines is 1. The van der Waals surface area contributed by atoms with E-state index < -0.39 is 17.7 Å². The van der Waals surface area contributed by atoms with E-state index in [1.807, 2.05) is 0 Å². The van der Waals surface area contributed by atoms with Gasteiger partial charge in [0.05, 0.1) is 5.52 Å². The third-order valence-electron chi connectivity index (χ3n) is 2.46. The third-order valence-corrected chi connectivity index (χ3v) is 2.46. The number of benzene rings is 1. The SMILES string of the molecule is O=c1[nH]c2ccccc2c2nc(C(F)(F)F)nn12. The second kappa shape index (κ2) is 3.31. The number of alkyl halides is 3. The summed E-state index contributed by atoms with van der Waals surface area (Å²) in [6, 6.07) is 6.45. The molecule has 0 amide bonds. The zero-order valence-corrected chi connectivity index (χ0v) is 8.69. The van der Waals surface area contributed by atoms with Crippen LogP contribution in [0.2, 0.25) is 0 Å². The van der Waals surface area contributed by atoms with Gasteiger partial charge >= 0.3 is 11.9 Å². The van der Waals surface area contributed by atoms with Gasteiger partial charge in [-0.05, 0) is 12.1 Å². The monoisotopic (exact) mass is 254 g/mol. The van der Waals surface area contributed by atoms with Crippen LogP contribution in [0.5, 0.6) is 0 Å². The van der Waals surface area contributed by atoms with E-state index in [0.29, 0.717) is 15.4 Å². The van der Waals surface area contributed by atoms with Gasteiger partial charge in [-0.3, -0.25) is 0 Å². The van der Waals surface area contributed by atoms with E-state index in [1.165, 1.54) is 0 Å². The number of hydrogen-bond donors (Lipinski definition) is 1. The molecule has 92 valence electrons. The van der Waals surface area contributed by atoms with Crippen LogP contribution in [-0.4, -0.2) is 19.6 Å². The highest BCUT2D eigenvalue weighted by Gasteiger charge is 2.36. The number of nitrogens with one attached hydrogen (secondary N) is 1. The fraction of sp³-hybridized carbons (Fsp3) is 0.100. The number of para-hydroxylation sites is 1. The fourth-order valence-corrected chi connectivity index (χ4v) is 1.70. The van der Waals surface area contributed by atoms with Crippen LogP contribution in [0.4, 0.5) is 13.2 Å². The first kappa shape index (κ1) is 10.8. The molecule has 0 fully saturated rings. The summed E-state index contributed by atoms with van der Waals surface area (Å²) in [4.78, 5) is 17.4. The Morgan fingerprint density at radius 2 is 1.94 bits per heavy atom. The molecule has 1 N–H and O–H groups in total. The summed E-state index contributed by atoms with van der Waals surface area (Å²) in [7, 11) is 0. The van der Waals surface area contributed by atoms with E-state index >= 15 is 0 Å². The number of H-pyrrole nitrogens is 1. The van der Waals surface area contributed by atoms with E-state index in [4.69, 9.17) is 0 Å². The topological polar surface area (TPSA) is 63.0 Å². The molecule has 0 aliphatic heterocycles. The standard InChI is InChI=1S/C10H5F3N4O/c11-10(12,13)8-15-7-5-3-1-2-4-6(5)14-9(18)17(7)16-8/h1-4H,(H,14,18). The lowest BCUT2D eigenvalue weighted by Crippen LogP contribution is -2.18. The second-order valence-corrected chi connectivity index (χ2v) is 3.64. The summed E-state index contributed by atoms with van der Waals surface area (Å²) >= 11 is 0. The maximum atomic E-state index is 12.5. The van der Waals surface area contributed by atoms with E-state index in [2.05, 4.69) is 15.1 Å². The molecule has 0 saturated heterocycles. The molecule has 3 rings (SSSR count). The molecular weight excluding hydrogens is 249 g/mol. The molecule has 2 heterocycles. The van der Waals surface area contributed by atoms with E-state index in [0.717, 1.165) is 0 Å². The van der Waals surface area contributed by atoms with E-state index in [-0.39, 0.29) is 5.65 Å². The van der Waals surface area contributed by atoms with Gasteiger partial charge in [0.1, 0.15) is 0 Å². The highest BCUT2D eigenvalue weighted by Crippen LogP contribution is 2.27. The largest absolute Gasteiger partial charge is 0.453 e. The van der Waals surface area contributed by atoms with Crippen molar-refractivity contribution in [1.82, 2.24) is 19.6 Å². The van der Waals surface area contributed by atoms with Gasteiger partial charge < -0.3 is 4.98 Å². The number of hydrogen-bond acceptors (Lipinski definition) is 3. The predicted molar refractivity (Wildman–Crippen MR) is 56.1 cm³/mol. The van der Waals surface area contributed by atoms with Crippen molar-refractivity contribution in [1.29, 1.82) is 0 Å². The lowest BCUT2D eigenvalue weighted by atomic mass is 10.2. The molecular formula is C10H5F3N4O. The van der Waals surface area contributed by atoms with Crippen LogP contribution in [0.15, 0.2) is 29.1 Å². The summed E-state index contributed by atoms with van der Waals surface area (Å²) in [5, 5.41) is 3.57. The fourth-order valence-electron chi connectivity index (χ4n) is 1.70. The number of fused-ring (bicyclic) bond motifs is 3. The van der Waals surface area contributed by atoms with Crippen LogP contribution in [-0.2, 0) is 6.18 Å². The maximum Gasteiger partial charge on any atom is 0.453 e. The third kappa shape index (κ3) is 1.45. The van der Waals surface area contributed by atoms with Crippen LogP contribution in [0, 0.1) is 0 Å². The maximum absolute atomic E-state index is 12.5. The van der Waals surface area contributed by atoms with Crippen molar-refractivity contribution < 1.29 is 13.2 Å². The Morgan fingerprint density at radius 1 is 1.22 bits per heavy atom. The molecule has 2 aromatic heterocycles. The van der Waals surface area contributed by atoms with Gasteiger partial charge in [0.25, 0.3) is 5.82 Å². The normalized spacial score (nSPS) is 12.4. The molecule has 1 aromatic carbocycles. The highest BCUT2D eigenvalue weighted by atomic mass is 19.4. The van der Waals surface area contributed by atoms with Crippen molar-refractivity contribution in [3.63, 3.8) is 0 Å². The molecule has 0 atom stereocenters. The minimum absolute atomic E-state index is 0.110. The first-order valence-electron chi connectivity index (χ1n) is 4.92. The van der Waals surface area contributed by atoms with Crippen LogP contribution in [0.25, 0.3) is 16.6 Å². The minimum atomic E-state index is -4.68. The molecule has 0 aliphatic carbocycles. The van der Waals surface area contributed by atoms with Crippen molar-refractivity contribution in [2.45, 2.75) is 6.18 Å². The Balaban J connectivity index is 2.49. The van der Waals surface area contributed by atoms with Crippen molar-refractivity contribution >= 4 is 16.6 Å². The van der Waals surface area contributed by atoms with Gasteiger partial charge in [-0.25, -0.2) is 9.78 Å².